The summed E-state index contributed by atoms with van der Waals surface area (Å²) in [5, 5.41) is 2.37. The van der Waals surface area contributed by atoms with Gasteiger partial charge in [-0.1, -0.05) is 126 Å². The van der Waals surface area contributed by atoms with Crippen LogP contribution in [0.15, 0.2) is 95.9 Å². The SMILES string of the molecule is COc1ccc(C2(c3ccc(OC)cc3)C=Cc3c4c(c5cc6c(cc5c3O2)SC(C(C)C)(C(C)C)O6)-c2ccccc2C42CCCCCCC2)cc1. The monoisotopic (exact) mass is 722 g/mol. The quantitative estimate of drug-likeness (QED) is 0.174. The van der Waals surface area contributed by atoms with E-state index in [1.807, 2.05) is 36.0 Å². The summed E-state index contributed by atoms with van der Waals surface area (Å²) in [7, 11) is 3.43. The summed E-state index contributed by atoms with van der Waals surface area (Å²) < 4.78 is 26.1. The predicted molar refractivity (Wildman–Crippen MR) is 218 cm³/mol. The Kier molecular flexibility index (Phi) is 8.38. The fourth-order valence-electron chi connectivity index (χ4n) is 10.0. The van der Waals surface area contributed by atoms with Gasteiger partial charge in [-0.05, 0) is 83.0 Å². The van der Waals surface area contributed by atoms with Crippen LogP contribution in [0, 0.1) is 11.8 Å². The summed E-state index contributed by atoms with van der Waals surface area (Å²) in [5.74, 6) is 4.25. The van der Waals surface area contributed by atoms with Crippen LogP contribution in [0.3, 0.4) is 0 Å². The maximum atomic E-state index is 7.75. The Morgan fingerprint density at radius 3 is 1.89 bits per heavy atom. The Hall–Kier alpha value is -4.35. The molecule has 5 heteroatoms. The molecule has 0 atom stereocenters. The molecule has 4 aliphatic rings. The average Bonchev–Trinajstić information content (AvgIpc) is 3.71. The molecule has 0 amide bonds. The van der Waals surface area contributed by atoms with Crippen molar-refractivity contribution in [3.8, 4) is 34.1 Å². The molecule has 0 bridgehead atoms. The lowest BCUT2D eigenvalue weighted by Crippen LogP contribution is -2.40. The molecule has 272 valence electrons. The molecular weight excluding hydrogens is 673 g/mol. The van der Waals surface area contributed by atoms with Crippen LogP contribution in [0.5, 0.6) is 23.0 Å². The molecule has 0 aromatic heterocycles. The van der Waals surface area contributed by atoms with E-state index in [0.29, 0.717) is 11.8 Å². The molecule has 5 aromatic rings. The molecule has 1 saturated carbocycles. The Labute approximate surface area is 318 Å². The van der Waals surface area contributed by atoms with Crippen LogP contribution < -0.4 is 18.9 Å². The second kappa shape index (κ2) is 12.9. The zero-order valence-corrected chi connectivity index (χ0v) is 32.7. The van der Waals surface area contributed by atoms with Crippen molar-refractivity contribution in [3.05, 3.63) is 119 Å². The number of hydrogen-bond donors (Lipinski definition) is 0. The molecule has 2 heterocycles. The number of hydrogen-bond acceptors (Lipinski definition) is 5. The first-order chi connectivity index (χ1) is 25.7. The molecule has 53 heavy (non-hydrogen) atoms. The van der Waals surface area contributed by atoms with Crippen LogP contribution in [-0.4, -0.2) is 19.2 Å². The van der Waals surface area contributed by atoms with E-state index in [0.717, 1.165) is 52.4 Å². The van der Waals surface area contributed by atoms with Gasteiger partial charge >= 0.3 is 0 Å². The van der Waals surface area contributed by atoms with Crippen molar-refractivity contribution in [1.82, 2.24) is 0 Å². The van der Waals surface area contributed by atoms with Gasteiger partial charge in [0.05, 0.1) is 19.1 Å². The highest BCUT2D eigenvalue weighted by molar-refractivity contribution is 8.01. The third kappa shape index (κ3) is 5.09. The Bertz CT molecular complexity index is 2170. The van der Waals surface area contributed by atoms with Gasteiger partial charge in [0.1, 0.15) is 23.0 Å². The number of rotatable bonds is 6. The second-order valence-corrected chi connectivity index (χ2v) is 17.4. The van der Waals surface area contributed by atoms with Crippen molar-refractivity contribution >= 4 is 28.6 Å². The van der Waals surface area contributed by atoms with Gasteiger partial charge in [0, 0.05) is 39.3 Å². The van der Waals surface area contributed by atoms with Gasteiger partial charge in [-0.3, -0.25) is 0 Å². The zero-order valence-electron chi connectivity index (χ0n) is 31.9. The van der Waals surface area contributed by atoms with E-state index >= 15 is 0 Å². The van der Waals surface area contributed by atoms with Gasteiger partial charge in [-0.2, -0.15) is 0 Å². The minimum Gasteiger partial charge on any atom is -0.497 e. The van der Waals surface area contributed by atoms with Crippen LogP contribution in [0.2, 0.25) is 0 Å². The van der Waals surface area contributed by atoms with E-state index in [-0.39, 0.29) is 10.3 Å². The summed E-state index contributed by atoms with van der Waals surface area (Å²) in [4.78, 5) is 0.852. The van der Waals surface area contributed by atoms with E-state index in [1.165, 1.54) is 70.2 Å². The second-order valence-electron chi connectivity index (χ2n) is 16.1. The van der Waals surface area contributed by atoms with Gasteiger partial charge < -0.3 is 18.9 Å². The van der Waals surface area contributed by atoms with Gasteiger partial charge in [-0.25, -0.2) is 0 Å². The van der Waals surface area contributed by atoms with Crippen molar-refractivity contribution in [2.24, 2.45) is 11.8 Å². The van der Waals surface area contributed by atoms with Crippen LogP contribution >= 0.6 is 11.8 Å². The zero-order chi connectivity index (χ0) is 36.5. The summed E-state index contributed by atoms with van der Waals surface area (Å²) in [6.07, 6.45) is 13.3. The maximum absolute atomic E-state index is 7.75. The topological polar surface area (TPSA) is 36.9 Å². The van der Waals surface area contributed by atoms with E-state index < -0.39 is 5.60 Å². The molecule has 2 aliphatic heterocycles. The molecular formula is C48H50O4S. The van der Waals surface area contributed by atoms with E-state index in [2.05, 4.69) is 101 Å². The van der Waals surface area contributed by atoms with Crippen molar-refractivity contribution in [2.75, 3.05) is 14.2 Å². The Morgan fingerprint density at radius 2 is 1.28 bits per heavy atom. The smallest absolute Gasteiger partial charge is 0.178 e. The standard InChI is InChI=1S/C48H50O4S/c1-30(2)48(31(3)4)51-41-28-38-39(29-42(41)53-48)45-37(44-43(38)36-14-10-11-15-40(36)46(44)25-12-8-7-9-13-26-46)24-27-47(52-45,32-16-20-34(49-5)21-17-32)33-18-22-35(50-6)23-19-33/h10-11,14-24,27-31H,7-9,12-13,25-26H2,1-6H3. The molecule has 5 aromatic carbocycles. The number of methoxy groups -OCH3 is 2. The maximum Gasteiger partial charge on any atom is 0.178 e. The van der Waals surface area contributed by atoms with Gasteiger partial charge in [-0.15, -0.1) is 0 Å². The van der Waals surface area contributed by atoms with Crippen LogP contribution in [0.1, 0.15) is 100 Å². The molecule has 0 saturated heterocycles. The average molecular weight is 723 g/mol. The van der Waals surface area contributed by atoms with Crippen LogP contribution in [0.25, 0.3) is 28.0 Å². The predicted octanol–water partition coefficient (Wildman–Crippen LogP) is 12.7. The highest BCUT2D eigenvalue weighted by Crippen LogP contribution is 2.64. The van der Waals surface area contributed by atoms with E-state index in [1.54, 1.807) is 14.2 Å². The first-order valence-corrected chi connectivity index (χ1v) is 20.4. The molecule has 0 radical (unpaired) electrons. The largest absolute Gasteiger partial charge is 0.497 e. The summed E-state index contributed by atoms with van der Waals surface area (Å²) >= 11 is 1.89. The highest BCUT2D eigenvalue weighted by atomic mass is 32.2. The van der Waals surface area contributed by atoms with E-state index in [9.17, 15) is 0 Å². The van der Waals surface area contributed by atoms with Crippen molar-refractivity contribution in [3.63, 3.8) is 0 Å². The van der Waals surface area contributed by atoms with Crippen LogP contribution in [-0.2, 0) is 11.0 Å². The third-order valence-electron chi connectivity index (χ3n) is 12.7. The minimum atomic E-state index is -0.880. The molecule has 0 unspecified atom stereocenters. The number of benzene rings is 5. The summed E-state index contributed by atoms with van der Waals surface area (Å²) in [6, 6.07) is 30.7. The Morgan fingerprint density at radius 1 is 0.679 bits per heavy atom. The van der Waals surface area contributed by atoms with Crippen LogP contribution in [0.4, 0.5) is 0 Å². The van der Waals surface area contributed by atoms with Gasteiger partial charge in [0.25, 0.3) is 0 Å². The lowest BCUT2D eigenvalue weighted by atomic mass is 9.67. The normalized spacial score (nSPS) is 18.8. The number of thioether (sulfide) groups is 1. The fourth-order valence-corrected chi connectivity index (χ4v) is 11.3. The first kappa shape index (κ1) is 34.4. The van der Waals surface area contributed by atoms with Crippen molar-refractivity contribution in [1.29, 1.82) is 0 Å². The first-order valence-electron chi connectivity index (χ1n) is 19.6. The summed E-state index contributed by atoms with van der Waals surface area (Å²) in [5.41, 5.74) is 8.02. The molecule has 2 aliphatic carbocycles. The Balaban J connectivity index is 1.36. The molecule has 9 rings (SSSR count). The molecule has 1 spiro atoms. The fraction of sp³-hybridized carbons (Fsp3) is 0.375. The lowest BCUT2D eigenvalue weighted by molar-refractivity contribution is 0.0757. The van der Waals surface area contributed by atoms with Gasteiger partial charge in [0.2, 0.25) is 0 Å². The number of fused-ring (bicyclic) bond motifs is 11. The molecule has 0 N–H and O–H groups in total. The third-order valence-corrected chi connectivity index (χ3v) is 14.6. The molecule has 4 nitrogen and oxygen atoms in total. The molecule has 1 fully saturated rings. The summed E-state index contributed by atoms with van der Waals surface area (Å²) in [6.45, 7) is 9.16. The number of ether oxygens (including phenoxy) is 4. The van der Waals surface area contributed by atoms with E-state index in [4.69, 9.17) is 18.9 Å². The van der Waals surface area contributed by atoms with Gasteiger partial charge in [0.15, 0.2) is 10.5 Å². The highest BCUT2D eigenvalue weighted by Gasteiger charge is 2.50. The van der Waals surface area contributed by atoms with Crippen molar-refractivity contribution in [2.45, 2.75) is 93.5 Å². The lowest BCUT2D eigenvalue weighted by Gasteiger charge is -2.40. The minimum absolute atomic E-state index is 0.0766. The van der Waals surface area contributed by atoms with Crippen molar-refractivity contribution < 1.29 is 18.9 Å².